The minimum Gasteiger partial charge on any atom is -0.371 e. The van der Waals surface area contributed by atoms with E-state index in [1.165, 1.54) is 25.7 Å². The summed E-state index contributed by atoms with van der Waals surface area (Å²) in [6.07, 6.45) is 10.0. The van der Waals surface area contributed by atoms with Gasteiger partial charge in [-0.05, 0) is 31.3 Å². The molecule has 0 radical (unpaired) electrons. The van der Waals surface area contributed by atoms with E-state index in [9.17, 15) is 4.79 Å². The van der Waals surface area contributed by atoms with Crippen molar-refractivity contribution < 1.29 is 9.53 Å². The van der Waals surface area contributed by atoms with Crippen LogP contribution in [0.4, 0.5) is 0 Å². The fourth-order valence-electron chi connectivity index (χ4n) is 3.31. The third kappa shape index (κ3) is 5.31. The Morgan fingerprint density at radius 1 is 1.33 bits per heavy atom. The van der Waals surface area contributed by atoms with Gasteiger partial charge in [-0.15, -0.1) is 12.4 Å². The van der Waals surface area contributed by atoms with E-state index in [0.29, 0.717) is 13.2 Å². The van der Waals surface area contributed by atoms with Gasteiger partial charge in [0.2, 0.25) is 5.91 Å². The van der Waals surface area contributed by atoms with Gasteiger partial charge < -0.3 is 15.4 Å². The number of carbonyl (C=O) groups excluding carboxylic acids is 1. The van der Waals surface area contributed by atoms with Crippen molar-refractivity contribution in [3.05, 3.63) is 0 Å². The maximum Gasteiger partial charge on any atom is 0.239 e. The molecule has 1 amide bonds. The second-order valence-electron chi connectivity index (χ2n) is 6.09. The molecule has 21 heavy (non-hydrogen) atoms. The summed E-state index contributed by atoms with van der Waals surface area (Å²) in [7, 11) is 0. The molecule has 4 nitrogen and oxygen atoms in total. The number of nitrogens with zero attached hydrogens (tertiary/aromatic N) is 1. The first-order valence-corrected chi connectivity index (χ1v) is 9.23. The Balaban J connectivity index is 0.00000220. The Morgan fingerprint density at radius 2 is 2.00 bits per heavy atom. The summed E-state index contributed by atoms with van der Waals surface area (Å²) >= 11 is 1.74. The number of hydrogen-bond acceptors (Lipinski definition) is 4. The lowest BCUT2D eigenvalue weighted by atomic mass is 9.92. The first kappa shape index (κ1) is 19.1. The van der Waals surface area contributed by atoms with Crippen LogP contribution in [0.1, 0.15) is 44.9 Å². The van der Waals surface area contributed by atoms with E-state index >= 15 is 0 Å². The predicted octanol–water partition coefficient (Wildman–Crippen LogP) is 2.44. The molecule has 2 rings (SSSR count). The van der Waals surface area contributed by atoms with Gasteiger partial charge in [-0.2, -0.15) is 11.8 Å². The number of ether oxygens (including phenoxy) is 1. The van der Waals surface area contributed by atoms with Crippen LogP contribution in [0.5, 0.6) is 0 Å². The van der Waals surface area contributed by atoms with Crippen LogP contribution in [0.2, 0.25) is 0 Å². The summed E-state index contributed by atoms with van der Waals surface area (Å²) in [5, 5.41) is 0. The fourth-order valence-corrected chi connectivity index (χ4v) is 3.80. The molecule has 2 fully saturated rings. The largest absolute Gasteiger partial charge is 0.371 e. The van der Waals surface area contributed by atoms with Gasteiger partial charge in [0.15, 0.2) is 0 Å². The van der Waals surface area contributed by atoms with Crippen molar-refractivity contribution >= 4 is 30.1 Å². The van der Waals surface area contributed by atoms with E-state index < -0.39 is 0 Å². The molecule has 1 spiro atoms. The molecule has 0 bridgehead atoms. The van der Waals surface area contributed by atoms with Crippen LogP contribution >= 0.6 is 24.2 Å². The van der Waals surface area contributed by atoms with Gasteiger partial charge in [0.25, 0.3) is 0 Å². The van der Waals surface area contributed by atoms with E-state index in [1.54, 1.807) is 11.8 Å². The van der Waals surface area contributed by atoms with Crippen molar-refractivity contribution in [1.82, 2.24) is 4.90 Å². The molecule has 6 heteroatoms. The molecule has 2 N–H and O–H groups in total. The SMILES string of the molecule is CSCC[C@H](N)C(=O)N1CCOC2(CCCCCC2)C1.Cl. The minimum atomic E-state index is -0.344. The summed E-state index contributed by atoms with van der Waals surface area (Å²) in [6, 6.07) is -0.344. The number of nitrogens with two attached hydrogens (primary N) is 1. The second kappa shape index (κ2) is 9.23. The molecule has 0 aromatic heterocycles. The topological polar surface area (TPSA) is 55.6 Å². The highest BCUT2D eigenvalue weighted by molar-refractivity contribution is 7.98. The van der Waals surface area contributed by atoms with Crippen LogP contribution in [-0.4, -0.2) is 54.2 Å². The van der Waals surface area contributed by atoms with Crippen molar-refractivity contribution in [3.8, 4) is 0 Å². The molecule has 2 aliphatic rings. The Morgan fingerprint density at radius 3 is 2.62 bits per heavy atom. The van der Waals surface area contributed by atoms with Crippen molar-refractivity contribution in [1.29, 1.82) is 0 Å². The average molecular weight is 337 g/mol. The Hall–Kier alpha value is 0.0300. The molecule has 1 atom stereocenters. The van der Waals surface area contributed by atoms with Crippen LogP contribution in [-0.2, 0) is 9.53 Å². The van der Waals surface area contributed by atoms with E-state index in [0.717, 1.165) is 31.6 Å². The van der Waals surface area contributed by atoms with E-state index in [2.05, 4.69) is 0 Å². The lowest BCUT2D eigenvalue weighted by Gasteiger charge is -2.43. The monoisotopic (exact) mass is 336 g/mol. The second-order valence-corrected chi connectivity index (χ2v) is 7.08. The van der Waals surface area contributed by atoms with Crippen LogP contribution in [0.15, 0.2) is 0 Å². The smallest absolute Gasteiger partial charge is 0.239 e. The molecule has 0 aromatic carbocycles. The highest BCUT2D eigenvalue weighted by Gasteiger charge is 2.39. The minimum absolute atomic E-state index is 0. The number of halogens is 1. The van der Waals surface area contributed by atoms with Gasteiger partial charge in [0.05, 0.1) is 18.2 Å². The van der Waals surface area contributed by atoms with E-state index in [-0.39, 0.29) is 30.0 Å². The number of thioether (sulfide) groups is 1. The Labute approximate surface area is 138 Å². The zero-order valence-electron chi connectivity index (χ0n) is 13.0. The molecular weight excluding hydrogens is 308 g/mol. The molecule has 1 aliphatic heterocycles. The quantitative estimate of drug-likeness (QED) is 0.856. The van der Waals surface area contributed by atoms with Crippen LogP contribution < -0.4 is 5.73 Å². The Kier molecular flexibility index (Phi) is 8.39. The van der Waals surface area contributed by atoms with Crippen LogP contribution in [0.3, 0.4) is 0 Å². The summed E-state index contributed by atoms with van der Waals surface area (Å²) < 4.78 is 6.09. The maximum atomic E-state index is 12.5. The van der Waals surface area contributed by atoms with Gasteiger partial charge in [-0.25, -0.2) is 0 Å². The van der Waals surface area contributed by atoms with Gasteiger partial charge in [-0.1, -0.05) is 25.7 Å². The van der Waals surface area contributed by atoms with Crippen molar-refractivity contribution in [2.24, 2.45) is 5.73 Å². The van der Waals surface area contributed by atoms with Gasteiger partial charge >= 0.3 is 0 Å². The first-order valence-electron chi connectivity index (χ1n) is 7.84. The van der Waals surface area contributed by atoms with Crippen LogP contribution in [0.25, 0.3) is 0 Å². The van der Waals surface area contributed by atoms with Gasteiger partial charge in [0, 0.05) is 13.1 Å². The average Bonchev–Trinajstić information content (AvgIpc) is 2.69. The molecule has 0 aromatic rings. The van der Waals surface area contributed by atoms with Crippen LogP contribution in [0, 0.1) is 0 Å². The molecule has 0 unspecified atom stereocenters. The number of rotatable bonds is 4. The third-order valence-electron chi connectivity index (χ3n) is 4.53. The van der Waals surface area contributed by atoms with E-state index in [1.807, 2.05) is 11.2 Å². The normalized spacial score (nSPS) is 23.2. The number of carbonyl (C=O) groups is 1. The molecule has 1 saturated carbocycles. The molecule has 124 valence electrons. The molecule has 1 aliphatic carbocycles. The standard InChI is InChI=1S/C15H28N2O2S.ClH/c1-20-11-6-13(16)14(18)17-9-10-19-15(12-17)7-4-2-3-5-8-15;/h13H,2-12,16H2,1H3;1H/t13-;/m0./s1. The highest BCUT2D eigenvalue weighted by atomic mass is 35.5. The number of hydrogen-bond donors (Lipinski definition) is 1. The molecule has 1 saturated heterocycles. The summed E-state index contributed by atoms with van der Waals surface area (Å²) in [4.78, 5) is 14.4. The molecule has 1 heterocycles. The maximum absolute atomic E-state index is 12.5. The summed E-state index contributed by atoms with van der Waals surface area (Å²) in [5.74, 6) is 1.06. The third-order valence-corrected chi connectivity index (χ3v) is 5.17. The fraction of sp³-hybridized carbons (Fsp3) is 0.933. The summed E-state index contributed by atoms with van der Waals surface area (Å²) in [5.41, 5.74) is 5.96. The van der Waals surface area contributed by atoms with Crippen molar-refractivity contribution in [3.63, 3.8) is 0 Å². The first-order chi connectivity index (χ1) is 9.67. The Bertz CT molecular complexity index is 323. The number of morpholine rings is 1. The zero-order valence-corrected chi connectivity index (χ0v) is 14.6. The highest BCUT2D eigenvalue weighted by Crippen LogP contribution is 2.33. The number of amides is 1. The van der Waals surface area contributed by atoms with E-state index in [4.69, 9.17) is 10.5 Å². The zero-order chi connectivity index (χ0) is 14.4. The van der Waals surface area contributed by atoms with Gasteiger partial charge in [0.1, 0.15) is 0 Å². The predicted molar refractivity (Wildman–Crippen MR) is 91.2 cm³/mol. The lowest BCUT2D eigenvalue weighted by molar-refractivity contribution is -0.154. The van der Waals surface area contributed by atoms with Gasteiger partial charge in [-0.3, -0.25) is 4.79 Å². The molecular formula is C15H29ClN2O2S. The summed E-state index contributed by atoms with van der Waals surface area (Å²) in [6.45, 7) is 2.12. The lowest BCUT2D eigenvalue weighted by Crippen LogP contribution is -2.56. The van der Waals surface area contributed by atoms with Crippen molar-refractivity contribution in [2.75, 3.05) is 31.7 Å². The van der Waals surface area contributed by atoms with Crippen molar-refractivity contribution in [2.45, 2.75) is 56.6 Å².